The minimum Gasteiger partial charge on any atom is -0.301 e. The van der Waals surface area contributed by atoms with Crippen LogP contribution in [0.5, 0.6) is 0 Å². The third-order valence-electron chi connectivity index (χ3n) is 3.22. The van der Waals surface area contributed by atoms with Crippen molar-refractivity contribution in [3.63, 3.8) is 0 Å². The van der Waals surface area contributed by atoms with Crippen LogP contribution in [0.4, 0.5) is 0 Å². The topological polar surface area (TPSA) is 29.5 Å². The van der Waals surface area contributed by atoms with Crippen LogP contribution in [-0.4, -0.2) is 29.5 Å². The molecule has 0 radical (unpaired) electrons. The van der Waals surface area contributed by atoms with Crippen molar-refractivity contribution in [3.05, 3.63) is 35.9 Å². The van der Waals surface area contributed by atoms with E-state index in [1.807, 2.05) is 56.2 Å². The maximum absolute atomic E-state index is 12.9. The minimum absolute atomic E-state index is 0.0925. The lowest BCUT2D eigenvalue weighted by Crippen LogP contribution is -2.56. The molecule has 0 aliphatic heterocycles. The predicted octanol–water partition coefficient (Wildman–Crippen LogP) is 3.95. The van der Waals surface area contributed by atoms with Gasteiger partial charge in [-0.25, -0.2) is 0 Å². The zero-order chi connectivity index (χ0) is 15.6. The van der Waals surface area contributed by atoms with E-state index < -0.39 is 0 Å². The molecule has 0 fully saturated rings. The maximum atomic E-state index is 12.9. The first-order chi connectivity index (χ1) is 9.09. The summed E-state index contributed by atoms with van der Waals surface area (Å²) in [5.41, 5.74) is 0.242. The lowest BCUT2D eigenvalue weighted by atomic mass is 9.80. The van der Waals surface area contributed by atoms with E-state index in [1.54, 1.807) is 7.11 Å². The number of carbonyl (C=O) groups is 1. The summed E-state index contributed by atoms with van der Waals surface area (Å²) in [6.07, 6.45) is 0. The molecule has 1 aromatic rings. The Hall–Kier alpha value is -1.19. The molecule has 0 aliphatic carbocycles. The van der Waals surface area contributed by atoms with Crippen LogP contribution in [-0.2, 0) is 4.84 Å². The second kappa shape index (κ2) is 6.06. The van der Waals surface area contributed by atoms with Gasteiger partial charge in [-0.15, -0.1) is 0 Å². The van der Waals surface area contributed by atoms with E-state index in [9.17, 15) is 4.79 Å². The summed E-state index contributed by atoms with van der Waals surface area (Å²) in [5, 5.41) is 1.81. The summed E-state index contributed by atoms with van der Waals surface area (Å²) in [5.74, 6) is 0.0925. The van der Waals surface area contributed by atoms with Crippen LogP contribution in [0.15, 0.2) is 30.3 Å². The molecule has 0 saturated heterocycles. The summed E-state index contributed by atoms with van der Waals surface area (Å²) in [6, 6.07) is 9.08. The number of rotatable bonds is 4. The van der Waals surface area contributed by atoms with Gasteiger partial charge in [-0.05, 0) is 26.2 Å². The van der Waals surface area contributed by atoms with Gasteiger partial charge in [-0.1, -0.05) is 51.1 Å². The molecule has 0 spiro atoms. The first-order valence-corrected chi connectivity index (χ1v) is 7.01. The van der Waals surface area contributed by atoms with E-state index in [0.29, 0.717) is 0 Å². The summed E-state index contributed by atoms with van der Waals surface area (Å²) in [4.78, 5) is 18.5. The monoisotopic (exact) mass is 277 g/mol. The zero-order valence-corrected chi connectivity index (χ0v) is 13.7. The quantitative estimate of drug-likeness (QED) is 0.616. The van der Waals surface area contributed by atoms with E-state index >= 15 is 0 Å². The Balaban J connectivity index is 3.24. The van der Waals surface area contributed by atoms with Crippen molar-refractivity contribution in [2.75, 3.05) is 7.11 Å². The largest absolute Gasteiger partial charge is 0.301 e. The molecule has 3 nitrogen and oxygen atoms in total. The molecule has 0 saturated carbocycles. The van der Waals surface area contributed by atoms with Crippen molar-refractivity contribution in [1.29, 1.82) is 0 Å². The van der Waals surface area contributed by atoms with Gasteiger partial charge in [0.2, 0.25) is 0 Å². The molecule has 0 heterocycles. The number of hydrogen-bond acceptors (Lipinski definition) is 3. The van der Waals surface area contributed by atoms with Gasteiger partial charge in [0.15, 0.2) is 5.78 Å². The van der Waals surface area contributed by atoms with Crippen LogP contribution in [0, 0.1) is 5.41 Å². The molecule has 0 aromatic heterocycles. The van der Waals surface area contributed by atoms with E-state index in [0.717, 1.165) is 5.56 Å². The molecule has 112 valence electrons. The average Bonchev–Trinajstić information content (AvgIpc) is 2.33. The van der Waals surface area contributed by atoms with Gasteiger partial charge in [-0.2, -0.15) is 5.06 Å². The Kier molecular flexibility index (Phi) is 5.11. The van der Waals surface area contributed by atoms with Crippen LogP contribution in [0.2, 0.25) is 0 Å². The molecule has 0 amide bonds. The van der Waals surface area contributed by atoms with Crippen molar-refractivity contribution in [1.82, 2.24) is 5.06 Å². The standard InChI is InChI=1S/C17H27NO2/c1-16(2,3)15(18(20-7)17(4,5)6)14(19)13-11-9-8-10-12-13/h8-12,15H,1-7H3. The first kappa shape index (κ1) is 16.9. The van der Waals surface area contributed by atoms with Crippen molar-refractivity contribution in [3.8, 4) is 0 Å². The number of nitrogens with zero attached hydrogens (tertiary/aromatic N) is 1. The molecule has 1 unspecified atom stereocenters. The number of ketones is 1. The van der Waals surface area contributed by atoms with Crippen LogP contribution in [0.3, 0.4) is 0 Å². The Morgan fingerprint density at radius 2 is 1.55 bits per heavy atom. The predicted molar refractivity (Wildman–Crippen MR) is 82.6 cm³/mol. The van der Waals surface area contributed by atoms with E-state index in [-0.39, 0.29) is 22.8 Å². The molecular weight excluding hydrogens is 250 g/mol. The van der Waals surface area contributed by atoms with Gasteiger partial charge < -0.3 is 4.84 Å². The Labute approximate surface area is 122 Å². The molecule has 1 atom stereocenters. The third kappa shape index (κ3) is 3.90. The fraction of sp³-hybridized carbons (Fsp3) is 0.588. The summed E-state index contributed by atoms with van der Waals surface area (Å²) >= 11 is 0. The van der Waals surface area contributed by atoms with Crippen LogP contribution < -0.4 is 0 Å². The van der Waals surface area contributed by atoms with Gasteiger partial charge in [0, 0.05) is 11.1 Å². The molecule has 20 heavy (non-hydrogen) atoms. The molecule has 1 rings (SSSR count). The smallest absolute Gasteiger partial charge is 0.182 e. The van der Waals surface area contributed by atoms with Gasteiger partial charge in [-0.3, -0.25) is 4.79 Å². The SMILES string of the molecule is CON(C(C(=O)c1ccccc1)C(C)(C)C)C(C)(C)C. The number of hydrogen-bond donors (Lipinski definition) is 0. The van der Waals surface area contributed by atoms with Gasteiger partial charge in [0.1, 0.15) is 6.04 Å². The van der Waals surface area contributed by atoms with Crippen molar-refractivity contribution < 1.29 is 9.63 Å². The normalized spacial score (nSPS) is 14.4. The zero-order valence-electron chi connectivity index (χ0n) is 13.7. The minimum atomic E-state index is -0.338. The number of Topliss-reactive ketones (excluding diaryl/α,β-unsaturated/α-hetero) is 1. The summed E-state index contributed by atoms with van der Waals surface area (Å²) < 4.78 is 0. The highest BCUT2D eigenvalue weighted by molar-refractivity contribution is 6.00. The van der Waals surface area contributed by atoms with Crippen molar-refractivity contribution >= 4 is 5.78 Å². The van der Waals surface area contributed by atoms with Crippen LogP contribution in [0.1, 0.15) is 51.9 Å². The lowest BCUT2D eigenvalue weighted by Gasteiger charge is -2.44. The Morgan fingerprint density at radius 1 is 1.05 bits per heavy atom. The van der Waals surface area contributed by atoms with Crippen molar-refractivity contribution in [2.24, 2.45) is 5.41 Å². The molecule has 3 heteroatoms. The molecule has 0 N–H and O–H groups in total. The second-order valence-electron chi connectivity index (χ2n) is 7.18. The van der Waals surface area contributed by atoms with E-state index in [2.05, 4.69) is 20.8 Å². The summed E-state index contributed by atoms with van der Waals surface area (Å²) in [7, 11) is 1.63. The fourth-order valence-corrected chi connectivity index (χ4v) is 2.38. The number of hydroxylamine groups is 2. The fourth-order valence-electron chi connectivity index (χ4n) is 2.38. The second-order valence-corrected chi connectivity index (χ2v) is 7.18. The Bertz CT molecular complexity index is 440. The highest BCUT2D eigenvalue weighted by atomic mass is 16.7. The van der Waals surface area contributed by atoms with Crippen LogP contribution >= 0.6 is 0 Å². The van der Waals surface area contributed by atoms with E-state index in [1.165, 1.54) is 0 Å². The molecule has 0 aliphatic rings. The Morgan fingerprint density at radius 3 is 1.90 bits per heavy atom. The lowest BCUT2D eigenvalue weighted by molar-refractivity contribution is -0.220. The highest BCUT2D eigenvalue weighted by Gasteiger charge is 2.42. The number of carbonyl (C=O) groups excluding carboxylic acids is 1. The van der Waals surface area contributed by atoms with Gasteiger partial charge >= 0.3 is 0 Å². The first-order valence-electron chi connectivity index (χ1n) is 7.01. The third-order valence-corrected chi connectivity index (χ3v) is 3.22. The number of benzene rings is 1. The van der Waals surface area contributed by atoms with Gasteiger partial charge in [0.25, 0.3) is 0 Å². The van der Waals surface area contributed by atoms with Crippen LogP contribution in [0.25, 0.3) is 0 Å². The van der Waals surface area contributed by atoms with E-state index in [4.69, 9.17) is 4.84 Å². The summed E-state index contributed by atoms with van der Waals surface area (Å²) in [6.45, 7) is 12.3. The molecular formula is C17H27NO2. The van der Waals surface area contributed by atoms with Gasteiger partial charge in [0.05, 0.1) is 7.11 Å². The maximum Gasteiger partial charge on any atom is 0.182 e. The molecule has 1 aromatic carbocycles. The van der Waals surface area contributed by atoms with Crippen molar-refractivity contribution in [2.45, 2.75) is 53.1 Å². The molecule has 0 bridgehead atoms. The highest BCUT2D eigenvalue weighted by Crippen LogP contribution is 2.32. The average molecular weight is 277 g/mol.